The summed E-state index contributed by atoms with van der Waals surface area (Å²) >= 11 is 0. The van der Waals surface area contributed by atoms with Gasteiger partial charge in [0.05, 0.1) is 12.7 Å². The Morgan fingerprint density at radius 1 is 1.40 bits per heavy atom. The fourth-order valence-electron chi connectivity index (χ4n) is 1.49. The molecule has 0 unspecified atom stereocenters. The van der Waals surface area contributed by atoms with Crippen LogP contribution in [0.4, 0.5) is 0 Å². The Bertz CT molecular complexity index is 504. The molecule has 0 aromatic carbocycles. The minimum atomic E-state index is 0.383. The molecule has 5 nitrogen and oxygen atoms in total. The third-order valence-electron chi connectivity index (χ3n) is 2.20. The van der Waals surface area contributed by atoms with Crippen LogP contribution in [-0.2, 0) is 7.05 Å². The van der Waals surface area contributed by atoms with Gasteiger partial charge in [-0.05, 0) is 13.8 Å². The Morgan fingerprint density at radius 3 is 2.73 bits per heavy atom. The van der Waals surface area contributed by atoms with Gasteiger partial charge in [0.1, 0.15) is 18.1 Å². The van der Waals surface area contributed by atoms with Gasteiger partial charge in [-0.2, -0.15) is 0 Å². The number of hydrogen-bond acceptors (Lipinski definition) is 2. The van der Waals surface area contributed by atoms with Crippen LogP contribution in [0.2, 0.25) is 0 Å². The highest BCUT2D eigenvalue weighted by Crippen LogP contribution is 2.01. The summed E-state index contributed by atoms with van der Waals surface area (Å²) in [7, 11) is 1.90. The molecule has 0 amide bonds. The standard InChI is InChI=1S/C10H13N4O/c1-8-6-9(2)14(15)10(11-8)13-5-4-12(3)7-13/h4-7H,1-3H3/q+1. The quantitative estimate of drug-likeness (QED) is 0.484. The van der Waals surface area contributed by atoms with Crippen LogP contribution in [0.3, 0.4) is 0 Å². The van der Waals surface area contributed by atoms with Gasteiger partial charge in [0.2, 0.25) is 0 Å². The molecule has 2 aromatic rings. The lowest BCUT2D eigenvalue weighted by Gasteiger charge is -2.09. The van der Waals surface area contributed by atoms with Crippen molar-refractivity contribution in [3.63, 3.8) is 0 Å². The van der Waals surface area contributed by atoms with E-state index in [1.54, 1.807) is 30.1 Å². The van der Waals surface area contributed by atoms with Crippen LogP contribution in [0.1, 0.15) is 11.4 Å². The van der Waals surface area contributed by atoms with E-state index >= 15 is 0 Å². The molecule has 0 fully saturated rings. The van der Waals surface area contributed by atoms with E-state index in [0.29, 0.717) is 11.6 Å². The molecule has 0 bridgehead atoms. The zero-order chi connectivity index (χ0) is 11.0. The van der Waals surface area contributed by atoms with Crippen molar-refractivity contribution in [2.24, 2.45) is 7.05 Å². The van der Waals surface area contributed by atoms with E-state index in [-0.39, 0.29) is 0 Å². The lowest BCUT2D eigenvalue weighted by Crippen LogP contribution is -2.37. The van der Waals surface area contributed by atoms with E-state index in [0.717, 1.165) is 10.4 Å². The molecule has 0 aliphatic rings. The van der Waals surface area contributed by atoms with E-state index in [4.69, 9.17) is 0 Å². The average Bonchev–Trinajstić information content (AvgIpc) is 2.58. The number of rotatable bonds is 1. The molecule has 2 heterocycles. The molecule has 2 aromatic heterocycles. The first-order chi connectivity index (χ1) is 7.08. The summed E-state index contributed by atoms with van der Waals surface area (Å²) in [6.45, 7) is 3.65. The van der Waals surface area contributed by atoms with E-state index < -0.39 is 0 Å². The zero-order valence-electron chi connectivity index (χ0n) is 9.01. The molecule has 0 N–H and O–H groups in total. The summed E-state index contributed by atoms with van der Waals surface area (Å²) in [5.74, 6) is 0.383. The van der Waals surface area contributed by atoms with Gasteiger partial charge in [-0.25, -0.2) is 9.30 Å². The minimum Gasteiger partial charge on any atom is -0.739 e. The Labute approximate surface area is 87.8 Å². The molecule has 0 saturated heterocycles. The second-order valence-corrected chi connectivity index (χ2v) is 3.62. The van der Waals surface area contributed by atoms with Gasteiger partial charge in [0.15, 0.2) is 0 Å². The molecule has 0 saturated carbocycles. The highest BCUT2D eigenvalue weighted by atomic mass is 16.5. The van der Waals surface area contributed by atoms with Crippen molar-refractivity contribution in [3.05, 3.63) is 41.4 Å². The number of aromatic nitrogens is 4. The minimum absolute atomic E-state index is 0.383. The van der Waals surface area contributed by atoms with Crippen molar-refractivity contribution in [1.29, 1.82) is 0 Å². The lowest BCUT2D eigenvalue weighted by molar-refractivity contribution is -0.671. The van der Waals surface area contributed by atoms with E-state index in [1.807, 2.05) is 24.7 Å². The molecule has 0 aliphatic carbocycles. The van der Waals surface area contributed by atoms with Crippen LogP contribution in [0.5, 0.6) is 0 Å². The highest BCUT2D eigenvalue weighted by Gasteiger charge is 2.15. The molecule has 0 spiro atoms. The van der Waals surface area contributed by atoms with Crippen LogP contribution in [0.25, 0.3) is 5.95 Å². The molecular weight excluding hydrogens is 192 g/mol. The monoisotopic (exact) mass is 205 g/mol. The molecule has 2 rings (SSSR count). The van der Waals surface area contributed by atoms with Crippen LogP contribution < -0.4 is 9.30 Å². The first-order valence-electron chi connectivity index (χ1n) is 4.69. The van der Waals surface area contributed by atoms with Gasteiger partial charge >= 0.3 is 5.95 Å². The predicted molar refractivity (Wildman–Crippen MR) is 53.2 cm³/mol. The number of aryl methyl sites for hydroxylation is 3. The Kier molecular flexibility index (Phi) is 2.15. The molecule has 0 radical (unpaired) electrons. The van der Waals surface area contributed by atoms with Crippen molar-refractivity contribution in [3.8, 4) is 5.95 Å². The van der Waals surface area contributed by atoms with Gasteiger partial charge < -0.3 is 5.21 Å². The van der Waals surface area contributed by atoms with Crippen molar-refractivity contribution in [2.75, 3.05) is 0 Å². The highest BCUT2D eigenvalue weighted by molar-refractivity contribution is 5.10. The number of hydrogen-bond donors (Lipinski definition) is 0. The summed E-state index contributed by atoms with van der Waals surface area (Å²) in [6, 6.07) is 1.76. The maximum atomic E-state index is 11.8. The summed E-state index contributed by atoms with van der Waals surface area (Å²) in [4.78, 5) is 4.22. The summed E-state index contributed by atoms with van der Waals surface area (Å²) in [5, 5.41) is 11.8. The van der Waals surface area contributed by atoms with Crippen molar-refractivity contribution >= 4 is 0 Å². The predicted octanol–water partition coefficient (Wildman–Crippen LogP) is -0.0530. The van der Waals surface area contributed by atoms with Gasteiger partial charge in [0, 0.05) is 6.07 Å². The molecule has 78 valence electrons. The smallest absolute Gasteiger partial charge is 0.435 e. The van der Waals surface area contributed by atoms with Crippen molar-refractivity contribution < 1.29 is 9.30 Å². The summed E-state index contributed by atoms with van der Waals surface area (Å²) in [6.07, 6.45) is 5.46. The average molecular weight is 205 g/mol. The molecular formula is C10H13N4O+. The Balaban J connectivity index is 2.62. The first-order valence-corrected chi connectivity index (χ1v) is 4.69. The molecule has 0 aliphatic heterocycles. The second-order valence-electron chi connectivity index (χ2n) is 3.62. The Hall–Kier alpha value is -1.91. The summed E-state index contributed by atoms with van der Waals surface area (Å²) in [5.41, 5.74) is 1.49. The fourth-order valence-corrected chi connectivity index (χ4v) is 1.49. The topological polar surface area (TPSA) is 48.6 Å². The van der Waals surface area contributed by atoms with Crippen LogP contribution in [0.15, 0.2) is 24.8 Å². The van der Waals surface area contributed by atoms with Gasteiger partial charge in [-0.3, -0.25) is 0 Å². The maximum absolute atomic E-state index is 11.8. The lowest BCUT2D eigenvalue weighted by atomic mass is 10.3. The van der Waals surface area contributed by atoms with Gasteiger partial charge in [0.25, 0.3) is 6.33 Å². The molecule has 0 atom stereocenters. The van der Waals surface area contributed by atoms with Gasteiger partial charge in [-0.1, -0.05) is 4.98 Å². The summed E-state index contributed by atoms with van der Waals surface area (Å²) < 4.78 is 4.39. The fraction of sp³-hybridized carbons (Fsp3) is 0.300. The second kappa shape index (κ2) is 3.34. The van der Waals surface area contributed by atoms with Crippen LogP contribution in [-0.4, -0.2) is 9.55 Å². The van der Waals surface area contributed by atoms with E-state index in [1.165, 1.54) is 0 Å². The number of imidazole rings is 1. The van der Waals surface area contributed by atoms with Crippen molar-refractivity contribution in [2.45, 2.75) is 13.8 Å². The SMILES string of the molecule is Cc1cc(C)[n+]([O-])c(-n2cc[n+](C)c2)n1. The zero-order valence-corrected chi connectivity index (χ0v) is 9.01. The maximum Gasteiger partial charge on any atom is 0.435 e. The normalized spacial score (nSPS) is 10.6. The van der Waals surface area contributed by atoms with Crippen LogP contribution in [0, 0.1) is 19.1 Å². The van der Waals surface area contributed by atoms with Crippen LogP contribution >= 0.6 is 0 Å². The largest absolute Gasteiger partial charge is 0.739 e. The number of nitrogens with zero attached hydrogens (tertiary/aromatic N) is 4. The van der Waals surface area contributed by atoms with Gasteiger partial charge in [-0.15, -0.1) is 4.57 Å². The third kappa shape index (κ3) is 1.68. The van der Waals surface area contributed by atoms with Crippen molar-refractivity contribution in [1.82, 2.24) is 9.55 Å². The first kappa shape index (κ1) is 9.64. The molecule has 15 heavy (non-hydrogen) atoms. The van der Waals surface area contributed by atoms with E-state index in [2.05, 4.69) is 4.98 Å². The van der Waals surface area contributed by atoms with E-state index in [9.17, 15) is 5.21 Å². The third-order valence-corrected chi connectivity index (χ3v) is 2.20. The molecule has 5 heteroatoms. The Morgan fingerprint density at radius 2 is 2.13 bits per heavy atom.